The molecule has 432 valence electrons. The Morgan fingerprint density at radius 3 is 1.20 bits per heavy atom. The molecule has 0 bridgehead atoms. The smallest absolute Gasteiger partial charge is 0.361 e. The molecule has 2 atom stereocenters. The number of aliphatic carboxylic acids is 1. The van der Waals surface area contributed by atoms with Gasteiger partial charge in [0.05, 0.1) is 40.8 Å². The molecule has 0 saturated carbocycles. The summed E-state index contributed by atoms with van der Waals surface area (Å²) in [5.74, 6) is -2.17. The zero-order chi connectivity index (χ0) is 54.8. The first-order chi connectivity index (χ1) is 36.6. The van der Waals surface area contributed by atoms with E-state index >= 15 is 0 Å². The Bertz CT molecular complexity index is 1500. The number of esters is 2. The van der Waals surface area contributed by atoms with Crippen LogP contribution in [0.5, 0.6) is 0 Å². The van der Waals surface area contributed by atoms with Gasteiger partial charge in [-0.1, -0.05) is 259 Å². The van der Waals surface area contributed by atoms with E-state index in [1.807, 2.05) is 33.3 Å². The van der Waals surface area contributed by atoms with Crippen LogP contribution >= 0.6 is 0 Å². The fourth-order valence-electron chi connectivity index (χ4n) is 8.47. The summed E-state index contributed by atoms with van der Waals surface area (Å²) >= 11 is 0. The number of rotatable bonds is 56. The Balaban J connectivity index is 4.07. The highest BCUT2D eigenvalue weighted by molar-refractivity contribution is 5.72. The van der Waals surface area contributed by atoms with E-state index < -0.39 is 24.3 Å². The molecule has 0 aromatic rings. The summed E-state index contributed by atoms with van der Waals surface area (Å²) in [6.45, 7) is 4.65. The molecule has 0 saturated heterocycles. The fraction of sp³-hybridized carbons (Fsp3) is 0.742. The van der Waals surface area contributed by atoms with Gasteiger partial charge >= 0.3 is 17.9 Å². The minimum absolute atomic E-state index is 0.0262. The van der Waals surface area contributed by atoms with Crippen molar-refractivity contribution in [3.8, 4) is 0 Å². The number of nitrogens with zero attached hydrogens (tertiary/aromatic N) is 1. The standard InChI is InChI=1S/C66H115NO8/c1-6-8-10-12-14-16-18-20-22-23-24-25-26-27-28-29-30-31-32-33-34-35-36-37-38-39-40-41-43-44-46-48-50-52-54-56-63(68)73-60-62(61-74-66(65(70)71)72-59-58-67(3,4)5)75-64(69)57-55-53-51-49-47-45-42-21-19-17-15-13-11-9-7-2/h9,11,15,17-18,20-21,23-24,42,47,49,53,55,62,66H,6-8,10,12-14,16,19,22,25-41,43-46,48,50-52,54,56-61H2,1-5H3/p+1/b11-9-,17-15-,20-18-,24-23-,42-21-,49-47-,55-53-. The molecule has 9 nitrogen and oxygen atoms in total. The van der Waals surface area contributed by atoms with E-state index in [1.165, 1.54) is 173 Å². The zero-order valence-electron chi connectivity index (χ0n) is 49.2. The average molecular weight is 1050 g/mol. The van der Waals surface area contributed by atoms with Gasteiger partial charge < -0.3 is 28.5 Å². The predicted molar refractivity (Wildman–Crippen MR) is 318 cm³/mol. The quantitative estimate of drug-likeness (QED) is 0.0211. The van der Waals surface area contributed by atoms with Crippen LogP contribution in [0.2, 0.25) is 0 Å². The molecule has 0 radical (unpaired) electrons. The van der Waals surface area contributed by atoms with Crippen molar-refractivity contribution >= 4 is 17.9 Å². The SMILES string of the molecule is CC/C=C\C/C=C\C/C=C\C/C=C\C/C=C\CC(=O)OC(COC(=O)CCCCCCCCCCCCCCCCCCCCCCCCC/C=C\C/C=C\CCCCCCC)COC(OCC[N+](C)(C)C)C(=O)O. The monoisotopic (exact) mass is 1050 g/mol. The predicted octanol–water partition coefficient (Wildman–Crippen LogP) is 18.3. The number of carbonyl (C=O) groups is 3. The molecule has 0 amide bonds. The van der Waals surface area contributed by atoms with E-state index in [0.717, 1.165) is 51.4 Å². The van der Waals surface area contributed by atoms with Gasteiger partial charge in [0.25, 0.3) is 6.29 Å². The number of carboxylic acids is 1. The molecular formula is C66H116NO8+. The minimum atomic E-state index is -1.54. The maximum Gasteiger partial charge on any atom is 0.361 e. The molecule has 0 aliphatic carbocycles. The van der Waals surface area contributed by atoms with Gasteiger partial charge in [-0.3, -0.25) is 9.59 Å². The number of allylic oxidation sites excluding steroid dienone is 13. The van der Waals surface area contributed by atoms with Crippen LogP contribution in [0, 0.1) is 0 Å². The lowest BCUT2D eigenvalue weighted by Crippen LogP contribution is -2.40. The van der Waals surface area contributed by atoms with Gasteiger partial charge in [-0.15, -0.1) is 0 Å². The third kappa shape index (κ3) is 58.0. The summed E-state index contributed by atoms with van der Waals surface area (Å²) in [6, 6.07) is 0. The lowest BCUT2D eigenvalue weighted by molar-refractivity contribution is -0.870. The molecule has 2 unspecified atom stereocenters. The Morgan fingerprint density at radius 1 is 0.427 bits per heavy atom. The van der Waals surface area contributed by atoms with E-state index in [4.69, 9.17) is 18.9 Å². The highest BCUT2D eigenvalue weighted by Gasteiger charge is 2.25. The fourth-order valence-corrected chi connectivity index (χ4v) is 8.47. The van der Waals surface area contributed by atoms with Crippen LogP contribution in [0.1, 0.15) is 258 Å². The topological polar surface area (TPSA) is 108 Å². The Morgan fingerprint density at radius 2 is 0.800 bits per heavy atom. The van der Waals surface area contributed by atoms with Crippen molar-refractivity contribution in [3.63, 3.8) is 0 Å². The molecule has 9 heteroatoms. The van der Waals surface area contributed by atoms with Crippen LogP contribution in [0.3, 0.4) is 0 Å². The zero-order valence-corrected chi connectivity index (χ0v) is 49.2. The van der Waals surface area contributed by atoms with Crippen molar-refractivity contribution in [1.29, 1.82) is 0 Å². The van der Waals surface area contributed by atoms with Crippen LogP contribution < -0.4 is 0 Å². The molecule has 0 spiro atoms. The average Bonchev–Trinajstić information content (AvgIpc) is 3.38. The minimum Gasteiger partial charge on any atom is -0.477 e. The number of hydrogen-bond donors (Lipinski definition) is 1. The van der Waals surface area contributed by atoms with Crippen LogP contribution in [-0.2, 0) is 33.3 Å². The van der Waals surface area contributed by atoms with Crippen molar-refractivity contribution in [2.75, 3.05) is 47.5 Å². The van der Waals surface area contributed by atoms with Crippen LogP contribution in [-0.4, -0.2) is 87.4 Å². The molecule has 0 aromatic heterocycles. The Labute approximate surface area is 461 Å². The molecule has 0 heterocycles. The third-order valence-electron chi connectivity index (χ3n) is 13.2. The van der Waals surface area contributed by atoms with Gasteiger partial charge in [0.2, 0.25) is 0 Å². The highest BCUT2D eigenvalue weighted by atomic mass is 16.7. The highest BCUT2D eigenvalue weighted by Crippen LogP contribution is 2.17. The van der Waals surface area contributed by atoms with Crippen LogP contribution in [0.15, 0.2) is 85.1 Å². The summed E-state index contributed by atoms with van der Waals surface area (Å²) in [5.41, 5.74) is 0. The lowest BCUT2D eigenvalue weighted by atomic mass is 10.0. The number of unbranched alkanes of at least 4 members (excludes halogenated alkanes) is 28. The molecular weight excluding hydrogens is 935 g/mol. The van der Waals surface area contributed by atoms with E-state index in [9.17, 15) is 19.5 Å². The first-order valence-electron chi connectivity index (χ1n) is 30.8. The molecule has 0 rings (SSSR count). The molecule has 0 fully saturated rings. The van der Waals surface area contributed by atoms with Crippen molar-refractivity contribution in [3.05, 3.63) is 85.1 Å². The molecule has 0 aliphatic rings. The van der Waals surface area contributed by atoms with Crippen LogP contribution in [0.4, 0.5) is 0 Å². The van der Waals surface area contributed by atoms with Crippen molar-refractivity contribution in [1.82, 2.24) is 0 Å². The van der Waals surface area contributed by atoms with Gasteiger partial charge in [0.15, 0.2) is 6.10 Å². The summed E-state index contributed by atoms with van der Waals surface area (Å²) < 4.78 is 22.7. The van der Waals surface area contributed by atoms with E-state index in [2.05, 4.69) is 80.7 Å². The number of quaternary nitrogens is 1. The maximum atomic E-state index is 12.8. The number of carboxylic acid groups (broad SMARTS) is 1. The van der Waals surface area contributed by atoms with Gasteiger partial charge in [0.1, 0.15) is 13.2 Å². The van der Waals surface area contributed by atoms with Gasteiger partial charge in [-0.05, 0) is 70.6 Å². The largest absolute Gasteiger partial charge is 0.477 e. The number of carbonyl (C=O) groups excluding carboxylic acids is 2. The summed E-state index contributed by atoms with van der Waals surface area (Å²) in [6.07, 6.45) is 73.1. The lowest BCUT2D eigenvalue weighted by Gasteiger charge is -2.25. The maximum absolute atomic E-state index is 12.8. The second-order valence-electron chi connectivity index (χ2n) is 21.6. The first kappa shape index (κ1) is 71.5. The number of likely N-dealkylation sites (N-methyl/N-ethyl adjacent to an activating group) is 1. The van der Waals surface area contributed by atoms with E-state index in [1.54, 1.807) is 6.08 Å². The van der Waals surface area contributed by atoms with Crippen LogP contribution in [0.25, 0.3) is 0 Å². The number of ether oxygens (including phenoxy) is 4. The van der Waals surface area contributed by atoms with Gasteiger partial charge in [-0.2, -0.15) is 0 Å². The van der Waals surface area contributed by atoms with Gasteiger partial charge in [0, 0.05) is 6.42 Å². The van der Waals surface area contributed by atoms with Gasteiger partial charge in [-0.25, -0.2) is 4.79 Å². The molecule has 0 aromatic carbocycles. The summed E-state index contributed by atoms with van der Waals surface area (Å²) in [4.78, 5) is 37.3. The normalized spacial score (nSPS) is 13.3. The van der Waals surface area contributed by atoms with Crippen molar-refractivity contribution in [2.45, 2.75) is 270 Å². The van der Waals surface area contributed by atoms with Crippen molar-refractivity contribution in [2.24, 2.45) is 0 Å². The Hall–Kier alpha value is -3.53. The molecule has 0 aliphatic heterocycles. The summed E-state index contributed by atoms with van der Waals surface area (Å²) in [7, 11) is 5.94. The summed E-state index contributed by atoms with van der Waals surface area (Å²) in [5, 5.41) is 9.68. The van der Waals surface area contributed by atoms with E-state index in [-0.39, 0.29) is 38.6 Å². The molecule has 1 N–H and O–H groups in total. The third-order valence-corrected chi connectivity index (χ3v) is 13.2. The number of hydrogen-bond acceptors (Lipinski definition) is 7. The Kier molecular flexibility index (Phi) is 54.0. The van der Waals surface area contributed by atoms with Crippen molar-refractivity contribution < 1.29 is 42.9 Å². The molecule has 75 heavy (non-hydrogen) atoms. The first-order valence-corrected chi connectivity index (χ1v) is 30.8. The second kappa shape index (κ2) is 56.7. The second-order valence-corrected chi connectivity index (χ2v) is 21.6. The van der Waals surface area contributed by atoms with E-state index in [0.29, 0.717) is 17.4 Å².